The van der Waals surface area contributed by atoms with Crippen LogP contribution in [0.25, 0.3) is 0 Å². The Morgan fingerprint density at radius 3 is 2.74 bits per heavy atom. The summed E-state index contributed by atoms with van der Waals surface area (Å²) in [6, 6.07) is 12.1. The van der Waals surface area contributed by atoms with Crippen LogP contribution in [0.15, 0.2) is 53.6 Å². The van der Waals surface area contributed by atoms with Crippen molar-refractivity contribution < 1.29 is 13.9 Å². The third kappa shape index (κ3) is 5.56. The van der Waals surface area contributed by atoms with Gasteiger partial charge in [-0.05, 0) is 36.2 Å². The van der Waals surface area contributed by atoms with Crippen LogP contribution in [0, 0.1) is 5.82 Å². The average molecular weight is 462 g/mol. The van der Waals surface area contributed by atoms with Crippen molar-refractivity contribution in [1.29, 1.82) is 0 Å². The molecule has 10 heteroatoms. The molecule has 31 heavy (non-hydrogen) atoms. The van der Waals surface area contributed by atoms with Crippen LogP contribution in [0.5, 0.6) is 5.75 Å². The van der Waals surface area contributed by atoms with Crippen LogP contribution in [0.1, 0.15) is 0 Å². The molecule has 0 bridgehead atoms. The summed E-state index contributed by atoms with van der Waals surface area (Å²) in [7, 11) is 1.47. The number of rotatable bonds is 7. The van der Waals surface area contributed by atoms with Crippen LogP contribution < -0.4 is 15.4 Å². The maximum Gasteiger partial charge on any atom is 0.229 e. The Balaban J connectivity index is 1.55. The van der Waals surface area contributed by atoms with E-state index in [9.17, 15) is 4.39 Å². The van der Waals surface area contributed by atoms with Crippen LogP contribution in [0.3, 0.4) is 0 Å². The minimum absolute atomic E-state index is 0.301. The largest absolute Gasteiger partial charge is 0.494 e. The van der Waals surface area contributed by atoms with Crippen LogP contribution in [-0.2, 0) is 4.74 Å². The highest BCUT2D eigenvalue weighted by molar-refractivity contribution is 7.97. The SMILES string of the molecule is COc1cc(F)ccc1Nc1ncc(Cl)c(Nc2ccccc2SN2CCOCC2)n1. The van der Waals surface area contributed by atoms with Gasteiger partial charge in [0, 0.05) is 24.1 Å². The van der Waals surface area contributed by atoms with Gasteiger partial charge in [0.2, 0.25) is 5.95 Å². The Kier molecular flexibility index (Phi) is 7.08. The molecule has 3 aromatic rings. The Morgan fingerprint density at radius 2 is 1.94 bits per heavy atom. The van der Waals surface area contributed by atoms with Gasteiger partial charge in [0.1, 0.15) is 16.6 Å². The minimum Gasteiger partial charge on any atom is -0.494 e. The van der Waals surface area contributed by atoms with Gasteiger partial charge in [0.05, 0.1) is 37.9 Å². The van der Waals surface area contributed by atoms with E-state index in [1.165, 1.54) is 25.4 Å². The quantitative estimate of drug-likeness (QED) is 0.471. The van der Waals surface area contributed by atoms with Gasteiger partial charge in [-0.15, -0.1) is 0 Å². The molecule has 1 fully saturated rings. The molecule has 162 valence electrons. The van der Waals surface area contributed by atoms with Crippen molar-refractivity contribution in [1.82, 2.24) is 14.3 Å². The second kappa shape index (κ2) is 10.1. The highest BCUT2D eigenvalue weighted by atomic mass is 35.5. The molecule has 2 N–H and O–H groups in total. The molecular formula is C21H21ClFN5O2S. The molecule has 4 rings (SSSR count). The zero-order valence-electron chi connectivity index (χ0n) is 16.8. The first-order valence-corrected chi connectivity index (χ1v) is 10.8. The number of nitrogens with one attached hydrogen (secondary N) is 2. The van der Waals surface area contributed by atoms with Crippen LogP contribution >= 0.6 is 23.5 Å². The summed E-state index contributed by atoms with van der Waals surface area (Å²) in [5, 5.41) is 6.72. The summed E-state index contributed by atoms with van der Waals surface area (Å²) < 4.78 is 26.4. The molecule has 0 atom stereocenters. The Hall–Kier alpha value is -2.59. The zero-order valence-corrected chi connectivity index (χ0v) is 18.3. The normalized spacial score (nSPS) is 14.3. The maximum absolute atomic E-state index is 13.5. The first kappa shape index (κ1) is 21.6. The number of halogens is 2. The Labute approximate surface area is 189 Å². The number of para-hydroxylation sites is 1. The molecule has 0 saturated carbocycles. The molecule has 0 unspecified atom stereocenters. The summed E-state index contributed by atoms with van der Waals surface area (Å²) in [5.41, 5.74) is 1.42. The van der Waals surface area contributed by atoms with Gasteiger partial charge in [-0.3, -0.25) is 0 Å². The lowest BCUT2D eigenvalue weighted by Crippen LogP contribution is -2.30. The Morgan fingerprint density at radius 1 is 1.13 bits per heavy atom. The van der Waals surface area contributed by atoms with Crippen LogP contribution in [-0.4, -0.2) is 47.7 Å². The van der Waals surface area contributed by atoms with Gasteiger partial charge in [0.25, 0.3) is 0 Å². The number of morpholine rings is 1. The van der Waals surface area contributed by atoms with E-state index in [-0.39, 0.29) is 0 Å². The summed E-state index contributed by atoms with van der Waals surface area (Å²) in [5.74, 6) is 0.710. The monoisotopic (exact) mass is 461 g/mol. The molecular weight excluding hydrogens is 441 g/mol. The fraction of sp³-hybridized carbons (Fsp3) is 0.238. The molecule has 1 saturated heterocycles. The number of hydrogen-bond acceptors (Lipinski definition) is 8. The van der Waals surface area contributed by atoms with E-state index in [2.05, 4.69) is 24.9 Å². The molecule has 0 radical (unpaired) electrons. The standard InChI is InChI=1S/C21H21ClFN5O2S/c1-29-18-12-14(23)6-7-16(18)26-21-24-13-15(22)20(27-21)25-17-4-2-3-5-19(17)31-28-8-10-30-11-9-28/h2-7,12-13H,8-11H2,1H3,(H2,24,25,26,27). The van der Waals surface area contributed by atoms with E-state index in [1.807, 2.05) is 24.3 Å². The number of aromatic nitrogens is 2. The minimum atomic E-state index is -0.392. The van der Waals surface area contributed by atoms with Crippen LogP contribution in [0.4, 0.5) is 27.5 Å². The lowest BCUT2D eigenvalue weighted by Gasteiger charge is -2.26. The summed E-state index contributed by atoms with van der Waals surface area (Å²) in [6.45, 7) is 3.17. The number of nitrogens with zero attached hydrogens (tertiary/aromatic N) is 3. The average Bonchev–Trinajstić information content (AvgIpc) is 2.79. The van der Waals surface area contributed by atoms with E-state index < -0.39 is 5.82 Å². The fourth-order valence-corrected chi connectivity index (χ4v) is 4.06. The lowest BCUT2D eigenvalue weighted by atomic mass is 10.3. The second-order valence-electron chi connectivity index (χ2n) is 6.61. The molecule has 0 amide bonds. The van der Waals surface area contributed by atoms with Gasteiger partial charge in [-0.1, -0.05) is 23.7 Å². The van der Waals surface area contributed by atoms with E-state index in [0.29, 0.717) is 28.2 Å². The number of methoxy groups -OCH3 is 1. The maximum atomic E-state index is 13.5. The first-order chi connectivity index (χ1) is 15.1. The van der Waals surface area contributed by atoms with Crippen molar-refractivity contribution in [3.8, 4) is 5.75 Å². The molecule has 2 heterocycles. The predicted octanol–water partition coefficient (Wildman–Crippen LogP) is 5.10. The highest BCUT2D eigenvalue weighted by Crippen LogP contribution is 2.34. The first-order valence-electron chi connectivity index (χ1n) is 9.62. The number of ether oxygens (including phenoxy) is 2. The topological polar surface area (TPSA) is 71.5 Å². The number of hydrogen-bond donors (Lipinski definition) is 2. The molecule has 7 nitrogen and oxygen atoms in total. The van der Waals surface area contributed by atoms with E-state index in [4.69, 9.17) is 21.1 Å². The molecule has 1 aromatic heterocycles. The van der Waals surface area contributed by atoms with Crippen molar-refractivity contribution in [2.75, 3.05) is 44.0 Å². The molecule has 1 aliphatic heterocycles. The Bertz CT molecular complexity index is 1050. The smallest absolute Gasteiger partial charge is 0.229 e. The van der Waals surface area contributed by atoms with Gasteiger partial charge >= 0.3 is 0 Å². The van der Waals surface area contributed by atoms with Crippen molar-refractivity contribution >= 4 is 46.7 Å². The van der Waals surface area contributed by atoms with Crippen LogP contribution in [0.2, 0.25) is 5.02 Å². The zero-order chi connectivity index (χ0) is 21.6. The molecule has 2 aromatic carbocycles. The molecule has 1 aliphatic rings. The fourth-order valence-electron chi connectivity index (χ4n) is 2.96. The third-order valence-corrected chi connectivity index (χ3v) is 5.94. The molecule has 0 aliphatic carbocycles. The summed E-state index contributed by atoms with van der Waals surface area (Å²) in [4.78, 5) is 9.76. The number of benzene rings is 2. The van der Waals surface area contributed by atoms with Crippen molar-refractivity contribution in [3.63, 3.8) is 0 Å². The van der Waals surface area contributed by atoms with E-state index in [1.54, 1.807) is 18.0 Å². The number of anilines is 4. The molecule has 0 spiro atoms. The van der Waals surface area contributed by atoms with Crippen molar-refractivity contribution in [2.24, 2.45) is 0 Å². The summed E-state index contributed by atoms with van der Waals surface area (Å²) in [6.07, 6.45) is 1.51. The second-order valence-corrected chi connectivity index (χ2v) is 8.16. The van der Waals surface area contributed by atoms with E-state index >= 15 is 0 Å². The van der Waals surface area contributed by atoms with Gasteiger partial charge in [-0.2, -0.15) is 4.98 Å². The van der Waals surface area contributed by atoms with E-state index in [0.717, 1.165) is 36.9 Å². The van der Waals surface area contributed by atoms with Gasteiger partial charge in [0.15, 0.2) is 5.82 Å². The predicted molar refractivity (Wildman–Crippen MR) is 121 cm³/mol. The van der Waals surface area contributed by atoms with Gasteiger partial charge in [-0.25, -0.2) is 13.7 Å². The van der Waals surface area contributed by atoms with Gasteiger partial charge < -0.3 is 20.1 Å². The highest BCUT2D eigenvalue weighted by Gasteiger charge is 2.15. The van der Waals surface area contributed by atoms with Crippen molar-refractivity contribution in [2.45, 2.75) is 4.90 Å². The lowest BCUT2D eigenvalue weighted by molar-refractivity contribution is 0.0773. The summed E-state index contributed by atoms with van der Waals surface area (Å²) >= 11 is 8.02. The van der Waals surface area contributed by atoms with Crippen molar-refractivity contribution in [3.05, 3.63) is 59.5 Å². The third-order valence-electron chi connectivity index (χ3n) is 4.49.